The maximum atomic E-state index is 5.23. The summed E-state index contributed by atoms with van der Waals surface area (Å²) >= 11 is 0. The highest BCUT2D eigenvalue weighted by molar-refractivity contribution is 5.85. The number of methoxy groups -OCH3 is 1. The van der Waals surface area contributed by atoms with Crippen molar-refractivity contribution in [3.63, 3.8) is 0 Å². The number of piperidine rings is 1. The molecule has 1 saturated heterocycles. The van der Waals surface area contributed by atoms with Gasteiger partial charge in [-0.15, -0.1) is 12.4 Å². The molecule has 1 N–H and O–H groups in total. The van der Waals surface area contributed by atoms with Gasteiger partial charge in [0.25, 0.3) is 0 Å². The number of ether oxygens (including phenoxy) is 1. The van der Waals surface area contributed by atoms with Crippen molar-refractivity contribution in [1.29, 1.82) is 0 Å². The number of halogens is 1. The average Bonchev–Trinajstić information content (AvgIpc) is 2.30. The van der Waals surface area contributed by atoms with Crippen LogP contribution in [-0.4, -0.2) is 20.2 Å². The summed E-state index contributed by atoms with van der Waals surface area (Å²) in [6.45, 7) is 2.28. The maximum absolute atomic E-state index is 5.23. The molecule has 1 heterocycles. The van der Waals surface area contributed by atoms with Gasteiger partial charge in [-0.2, -0.15) is 0 Å². The van der Waals surface area contributed by atoms with E-state index < -0.39 is 0 Å². The molecular formula is C12H18ClNO. The first-order chi connectivity index (χ1) is 6.90. The van der Waals surface area contributed by atoms with E-state index >= 15 is 0 Å². The molecule has 1 aromatic carbocycles. The van der Waals surface area contributed by atoms with Crippen LogP contribution >= 0.6 is 12.4 Å². The van der Waals surface area contributed by atoms with Gasteiger partial charge < -0.3 is 10.1 Å². The summed E-state index contributed by atoms with van der Waals surface area (Å²) in [4.78, 5) is 0. The zero-order valence-electron chi connectivity index (χ0n) is 9.03. The Bertz CT molecular complexity index is 297. The monoisotopic (exact) mass is 227 g/mol. The summed E-state index contributed by atoms with van der Waals surface area (Å²) in [5.41, 5.74) is 1.42. The molecule has 1 fully saturated rings. The first-order valence-electron chi connectivity index (χ1n) is 5.25. The molecule has 0 spiro atoms. The number of hydrogen-bond acceptors (Lipinski definition) is 2. The fourth-order valence-electron chi connectivity index (χ4n) is 2.05. The van der Waals surface area contributed by atoms with Crippen LogP contribution in [0.25, 0.3) is 0 Å². The highest BCUT2D eigenvalue weighted by atomic mass is 35.5. The number of hydrogen-bond donors (Lipinski definition) is 1. The van der Waals surface area contributed by atoms with E-state index in [4.69, 9.17) is 4.74 Å². The van der Waals surface area contributed by atoms with E-state index in [1.807, 2.05) is 6.07 Å². The smallest absolute Gasteiger partial charge is 0.119 e. The van der Waals surface area contributed by atoms with Gasteiger partial charge in [-0.3, -0.25) is 0 Å². The van der Waals surface area contributed by atoms with E-state index in [0.29, 0.717) is 5.92 Å². The first-order valence-corrected chi connectivity index (χ1v) is 5.25. The van der Waals surface area contributed by atoms with Gasteiger partial charge in [0.1, 0.15) is 5.75 Å². The van der Waals surface area contributed by atoms with Crippen molar-refractivity contribution < 1.29 is 4.74 Å². The minimum atomic E-state index is 0. The minimum Gasteiger partial charge on any atom is -0.497 e. The van der Waals surface area contributed by atoms with Crippen LogP contribution < -0.4 is 10.1 Å². The summed E-state index contributed by atoms with van der Waals surface area (Å²) in [6.07, 6.45) is 2.49. The lowest BCUT2D eigenvalue weighted by molar-refractivity contribution is 0.411. The van der Waals surface area contributed by atoms with E-state index in [-0.39, 0.29) is 12.4 Å². The number of nitrogens with one attached hydrogen (secondary N) is 1. The summed E-state index contributed by atoms with van der Waals surface area (Å²) in [5, 5.41) is 3.38. The van der Waals surface area contributed by atoms with Crippen molar-refractivity contribution in [2.24, 2.45) is 0 Å². The summed E-state index contributed by atoms with van der Waals surface area (Å²) in [6, 6.07) is 8.45. The topological polar surface area (TPSA) is 21.3 Å². The van der Waals surface area contributed by atoms with Crippen LogP contribution in [0.2, 0.25) is 0 Å². The minimum absolute atomic E-state index is 0. The molecule has 0 bridgehead atoms. The van der Waals surface area contributed by atoms with E-state index in [0.717, 1.165) is 18.8 Å². The largest absolute Gasteiger partial charge is 0.497 e. The Kier molecular flexibility index (Phi) is 4.92. The fourth-order valence-corrected chi connectivity index (χ4v) is 2.05. The molecule has 0 radical (unpaired) electrons. The van der Waals surface area contributed by atoms with Crippen molar-refractivity contribution in [2.45, 2.75) is 18.8 Å². The standard InChI is InChI=1S/C12H17NO.ClH/c1-14-12-4-2-3-11(9-12)10-5-7-13-8-6-10;/h2-4,9-10,13H,5-8H2,1H3;1H. The SMILES string of the molecule is COc1cccc(C2CCNCC2)c1.Cl. The van der Waals surface area contributed by atoms with E-state index in [9.17, 15) is 0 Å². The van der Waals surface area contributed by atoms with Crippen LogP contribution in [-0.2, 0) is 0 Å². The van der Waals surface area contributed by atoms with Crippen molar-refractivity contribution in [3.05, 3.63) is 29.8 Å². The summed E-state index contributed by atoms with van der Waals surface area (Å²) in [5.74, 6) is 1.69. The van der Waals surface area contributed by atoms with Crippen LogP contribution in [0.15, 0.2) is 24.3 Å². The molecule has 0 amide bonds. The lowest BCUT2D eigenvalue weighted by atomic mass is 9.90. The molecule has 2 nitrogen and oxygen atoms in total. The van der Waals surface area contributed by atoms with Gasteiger partial charge in [-0.25, -0.2) is 0 Å². The molecule has 0 unspecified atom stereocenters. The lowest BCUT2D eigenvalue weighted by Gasteiger charge is -2.23. The van der Waals surface area contributed by atoms with Gasteiger partial charge in [-0.05, 0) is 49.5 Å². The van der Waals surface area contributed by atoms with Crippen molar-refractivity contribution in [2.75, 3.05) is 20.2 Å². The van der Waals surface area contributed by atoms with Gasteiger partial charge in [0.05, 0.1) is 7.11 Å². The Hall–Kier alpha value is -0.730. The lowest BCUT2D eigenvalue weighted by Crippen LogP contribution is -2.26. The van der Waals surface area contributed by atoms with Crippen molar-refractivity contribution in [1.82, 2.24) is 5.32 Å². The molecular weight excluding hydrogens is 210 g/mol. The second-order valence-electron chi connectivity index (χ2n) is 3.80. The molecule has 1 aliphatic rings. The van der Waals surface area contributed by atoms with Gasteiger partial charge in [0.15, 0.2) is 0 Å². The van der Waals surface area contributed by atoms with E-state index in [1.54, 1.807) is 7.11 Å². The van der Waals surface area contributed by atoms with E-state index in [2.05, 4.69) is 23.5 Å². The van der Waals surface area contributed by atoms with Crippen LogP contribution in [0.4, 0.5) is 0 Å². The predicted octanol–water partition coefficient (Wildman–Crippen LogP) is 2.58. The number of rotatable bonds is 2. The van der Waals surface area contributed by atoms with Crippen LogP contribution in [0.5, 0.6) is 5.75 Å². The van der Waals surface area contributed by atoms with Crippen LogP contribution in [0, 0.1) is 0 Å². The Balaban J connectivity index is 0.00000112. The molecule has 0 aromatic heterocycles. The van der Waals surface area contributed by atoms with Crippen molar-refractivity contribution >= 4 is 12.4 Å². The van der Waals surface area contributed by atoms with E-state index in [1.165, 1.54) is 18.4 Å². The highest BCUT2D eigenvalue weighted by Gasteiger charge is 2.14. The highest BCUT2D eigenvalue weighted by Crippen LogP contribution is 2.27. The first kappa shape index (κ1) is 12.3. The normalized spacial score (nSPS) is 16.9. The zero-order chi connectivity index (χ0) is 9.80. The van der Waals surface area contributed by atoms with Gasteiger partial charge in [0.2, 0.25) is 0 Å². The average molecular weight is 228 g/mol. The molecule has 1 aliphatic heterocycles. The maximum Gasteiger partial charge on any atom is 0.119 e. The summed E-state index contributed by atoms with van der Waals surface area (Å²) < 4.78 is 5.23. The Morgan fingerprint density at radius 1 is 1.27 bits per heavy atom. The Morgan fingerprint density at radius 3 is 2.67 bits per heavy atom. The predicted molar refractivity (Wildman–Crippen MR) is 65.1 cm³/mol. The van der Waals surface area contributed by atoms with Gasteiger partial charge in [-0.1, -0.05) is 12.1 Å². The van der Waals surface area contributed by atoms with Gasteiger partial charge in [0, 0.05) is 0 Å². The molecule has 0 aliphatic carbocycles. The Labute approximate surface area is 97.4 Å². The third kappa shape index (κ3) is 3.11. The summed E-state index contributed by atoms with van der Waals surface area (Å²) in [7, 11) is 1.72. The van der Waals surface area contributed by atoms with Gasteiger partial charge >= 0.3 is 0 Å². The Morgan fingerprint density at radius 2 is 2.00 bits per heavy atom. The number of benzene rings is 1. The molecule has 1 aromatic rings. The second kappa shape index (κ2) is 5.99. The molecule has 15 heavy (non-hydrogen) atoms. The quantitative estimate of drug-likeness (QED) is 0.839. The van der Waals surface area contributed by atoms with Crippen molar-refractivity contribution in [3.8, 4) is 5.75 Å². The zero-order valence-corrected chi connectivity index (χ0v) is 9.85. The molecule has 3 heteroatoms. The molecule has 84 valence electrons. The molecule has 2 rings (SSSR count). The third-order valence-corrected chi connectivity index (χ3v) is 2.90. The van der Waals surface area contributed by atoms with Crippen LogP contribution in [0.3, 0.4) is 0 Å². The fraction of sp³-hybridized carbons (Fsp3) is 0.500. The third-order valence-electron chi connectivity index (χ3n) is 2.90. The van der Waals surface area contributed by atoms with Crippen LogP contribution in [0.1, 0.15) is 24.3 Å². The molecule has 0 atom stereocenters. The molecule has 0 saturated carbocycles. The second-order valence-corrected chi connectivity index (χ2v) is 3.80.